The molecule has 5 nitrogen and oxygen atoms in total. The van der Waals surface area contributed by atoms with Gasteiger partial charge in [0.2, 0.25) is 5.91 Å². The molecule has 1 unspecified atom stereocenters. The van der Waals surface area contributed by atoms with Crippen LogP contribution in [0.4, 0.5) is 0 Å². The number of aromatic nitrogens is 1. The number of nitrogens with zero attached hydrogens (tertiary/aromatic N) is 1. The van der Waals surface area contributed by atoms with Gasteiger partial charge in [-0.25, -0.2) is 4.98 Å². The first-order valence-corrected chi connectivity index (χ1v) is 6.79. The van der Waals surface area contributed by atoms with Gasteiger partial charge in [-0.05, 0) is 20.8 Å². The molecule has 0 aliphatic heterocycles. The summed E-state index contributed by atoms with van der Waals surface area (Å²) >= 11 is 1.63. The van der Waals surface area contributed by atoms with Crippen LogP contribution in [0.1, 0.15) is 28.5 Å². The summed E-state index contributed by atoms with van der Waals surface area (Å²) in [6.45, 7) is 7.52. The van der Waals surface area contributed by atoms with Gasteiger partial charge in [0.05, 0.1) is 29.9 Å². The molecule has 1 amide bonds. The number of rotatable bonds is 7. The predicted octanol–water partition coefficient (Wildman–Crippen LogP) is 1.17. The third-order valence-corrected chi connectivity index (χ3v) is 3.73. The van der Waals surface area contributed by atoms with E-state index in [2.05, 4.69) is 15.6 Å². The molecule has 0 aromatic carbocycles. The van der Waals surface area contributed by atoms with E-state index in [1.165, 1.54) is 0 Å². The Morgan fingerprint density at radius 1 is 1.50 bits per heavy atom. The number of hydrogen-bond donors (Lipinski definition) is 2. The van der Waals surface area contributed by atoms with Crippen LogP contribution in [0.2, 0.25) is 0 Å². The summed E-state index contributed by atoms with van der Waals surface area (Å²) in [6.07, 6.45) is 0. The molecule has 2 N–H and O–H groups in total. The molecule has 0 aliphatic rings. The number of ether oxygens (including phenoxy) is 1. The highest BCUT2D eigenvalue weighted by Gasteiger charge is 2.14. The van der Waals surface area contributed by atoms with Crippen molar-refractivity contribution in [3.05, 3.63) is 15.6 Å². The second-order valence-electron chi connectivity index (χ2n) is 4.14. The zero-order chi connectivity index (χ0) is 13.5. The lowest BCUT2D eigenvalue weighted by atomic mass is 10.2. The molecule has 0 fully saturated rings. The smallest absolute Gasteiger partial charge is 0.234 e. The van der Waals surface area contributed by atoms with Crippen molar-refractivity contribution in [1.29, 1.82) is 0 Å². The van der Waals surface area contributed by atoms with E-state index in [1.807, 2.05) is 20.8 Å². The molecule has 0 spiro atoms. The minimum absolute atomic E-state index is 0.00734. The molecule has 0 radical (unpaired) electrons. The van der Waals surface area contributed by atoms with E-state index in [1.54, 1.807) is 18.4 Å². The van der Waals surface area contributed by atoms with Gasteiger partial charge in [-0.2, -0.15) is 0 Å². The summed E-state index contributed by atoms with van der Waals surface area (Å²) in [7, 11) is 1.64. The SMILES string of the molecule is COCCNCC(=O)NC(C)c1sc(C)nc1C. The van der Waals surface area contributed by atoms with Crippen LogP contribution in [0.25, 0.3) is 0 Å². The van der Waals surface area contributed by atoms with Crippen molar-refractivity contribution in [1.82, 2.24) is 15.6 Å². The Balaban J connectivity index is 2.37. The highest BCUT2D eigenvalue weighted by Crippen LogP contribution is 2.24. The van der Waals surface area contributed by atoms with Gasteiger partial charge < -0.3 is 15.4 Å². The summed E-state index contributed by atoms with van der Waals surface area (Å²) in [6, 6.07) is 0.00734. The predicted molar refractivity (Wildman–Crippen MR) is 72.9 cm³/mol. The molecular weight excluding hydrogens is 250 g/mol. The Bertz CT molecular complexity index is 393. The Morgan fingerprint density at radius 3 is 2.78 bits per heavy atom. The van der Waals surface area contributed by atoms with Gasteiger partial charge in [-0.1, -0.05) is 0 Å². The summed E-state index contributed by atoms with van der Waals surface area (Å²) in [5.41, 5.74) is 0.998. The van der Waals surface area contributed by atoms with Crippen LogP contribution in [0.3, 0.4) is 0 Å². The van der Waals surface area contributed by atoms with E-state index in [0.29, 0.717) is 19.7 Å². The second kappa shape index (κ2) is 7.45. The Kier molecular flexibility index (Phi) is 6.24. The molecule has 1 heterocycles. The second-order valence-corrected chi connectivity index (χ2v) is 5.38. The quantitative estimate of drug-likeness (QED) is 0.731. The van der Waals surface area contributed by atoms with E-state index in [9.17, 15) is 4.79 Å². The third kappa shape index (κ3) is 4.72. The molecule has 1 atom stereocenters. The van der Waals surface area contributed by atoms with Crippen molar-refractivity contribution < 1.29 is 9.53 Å². The van der Waals surface area contributed by atoms with Crippen molar-refractivity contribution in [3.8, 4) is 0 Å². The lowest BCUT2D eigenvalue weighted by molar-refractivity contribution is -0.120. The first kappa shape index (κ1) is 15.1. The Morgan fingerprint density at radius 2 is 2.22 bits per heavy atom. The van der Waals surface area contributed by atoms with Crippen LogP contribution in [0, 0.1) is 13.8 Å². The van der Waals surface area contributed by atoms with Crippen molar-refractivity contribution in [2.24, 2.45) is 0 Å². The fourth-order valence-corrected chi connectivity index (χ4v) is 2.61. The lowest BCUT2D eigenvalue weighted by Crippen LogP contribution is -2.36. The number of amides is 1. The van der Waals surface area contributed by atoms with Crippen molar-refractivity contribution in [2.45, 2.75) is 26.8 Å². The van der Waals surface area contributed by atoms with Crippen LogP contribution in [0.15, 0.2) is 0 Å². The first-order valence-electron chi connectivity index (χ1n) is 5.97. The molecule has 0 aliphatic carbocycles. The van der Waals surface area contributed by atoms with Crippen molar-refractivity contribution in [3.63, 3.8) is 0 Å². The van der Waals surface area contributed by atoms with Crippen molar-refractivity contribution in [2.75, 3.05) is 26.8 Å². The van der Waals surface area contributed by atoms with E-state index < -0.39 is 0 Å². The summed E-state index contributed by atoms with van der Waals surface area (Å²) < 4.78 is 4.89. The summed E-state index contributed by atoms with van der Waals surface area (Å²) in [4.78, 5) is 17.2. The average Bonchev–Trinajstić information content (AvgIpc) is 2.64. The van der Waals surface area contributed by atoms with Gasteiger partial charge in [0.25, 0.3) is 0 Å². The number of thiazole rings is 1. The summed E-state index contributed by atoms with van der Waals surface area (Å²) in [5, 5.41) is 7.00. The van der Waals surface area contributed by atoms with Crippen LogP contribution >= 0.6 is 11.3 Å². The minimum Gasteiger partial charge on any atom is -0.383 e. The van der Waals surface area contributed by atoms with Crippen molar-refractivity contribution >= 4 is 17.2 Å². The van der Waals surface area contributed by atoms with Crippen LogP contribution in [-0.4, -0.2) is 37.7 Å². The van der Waals surface area contributed by atoms with E-state index in [0.717, 1.165) is 15.6 Å². The lowest BCUT2D eigenvalue weighted by Gasteiger charge is -2.13. The number of aryl methyl sites for hydroxylation is 2. The van der Waals surface area contributed by atoms with Crippen LogP contribution in [-0.2, 0) is 9.53 Å². The third-order valence-electron chi connectivity index (χ3n) is 2.48. The Hall–Kier alpha value is -0.980. The molecule has 1 rings (SSSR count). The van der Waals surface area contributed by atoms with Gasteiger partial charge in [0.1, 0.15) is 0 Å². The topological polar surface area (TPSA) is 63.2 Å². The fraction of sp³-hybridized carbons (Fsp3) is 0.667. The highest BCUT2D eigenvalue weighted by molar-refractivity contribution is 7.11. The molecule has 0 saturated carbocycles. The fourth-order valence-electron chi connectivity index (χ4n) is 1.68. The van der Waals surface area contributed by atoms with Gasteiger partial charge >= 0.3 is 0 Å². The number of methoxy groups -OCH3 is 1. The molecule has 102 valence electrons. The molecule has 1 aromatic rings. The highest BCUT2D eigenvalue weighted by atomic mass is 32.1. The van der Waals surface area contributed by atoms with Crippen LogP contribution in [0.5, 0.6) is 0 Å². The largest absolute Gasteiger partial charge is 0.383 e. The van der Waals surface area contributed by atoms with Gasteiger partial charge in [-0.15, -0.1) is 11.3 Å². The normalized spacial score (nSPS) is 12.4. The molecule has 0 saturated heterocycles. The standard InChI is InChI=1S/C12H21N3O2S/c1-8-12(18-10(3)14-8)9(2)15-11(16)7-13-5-6-17-4/h9,13H,5-7H2,1-4H3,(H,15,16). The number of nitrogens with one attached hydrogen (secondary N) is 2. The molecule has 0 bridgehead atoms. The minimum atomic E-state index is -0.0101. The van der Waals surface area contributed by atoms with E-state index in [4.69, 9.17) is 4.74 Å². The zero-order valence-corrected chi connectivity index (χ0v) is 12.2. The van der Waals surface area contributed by atoms with E-state index in [-0.39, 0.29) is 11.9 Å². The zero-order valence-electron chi connectivity index (χ0n) is 11.4. The summed E-state index contributed by atoms with van der Waals surface area (Å²) in [5.74, 6) is -0.0101. The maximum Gasteiger partial charge on any atom is 0.234 e. The first-order chi connectivity index (χ1) is 8.54. The van der Waals surface area contributed by atoms with Gasteiger partial charge in [-0.3, -0.25) is 4.79 Å². The number of hydrogen-bond acceptors (Lipinski definition) is 5. The molecule has 1 aromatic heterocycles. The average molecular weight is 271 g/mol. The number of carbonyl (C=O) groups is 1. The maximum atomic E-state index is 11.7. The Labute approximate surface area is 112 Å². The van der Waals surface area contributed by atoms with Gasteiger partial charge in [0.15, 0.2) is 0 Å². The maximum absolute atomic E-state index is 11.7. The van der Waals surface area contributed by atoms with Gasteiger partial charge in [0, 0.05) is 18.5 Å². The molecular formula is C12H21N3O2S. The molecule has 18 heavy (non-hydrogen) atoms. The molecule has 6 heteroatoms. The van der Waals surface area contributed by atoms with Crippen LogP contribution < -0.4 is 10.6 Å². The van der Waals surface area contributed by atoms with E-state index >= 15 is 0 Å². The number of carbonyl (C=O) groups excluding carboxylic acids is 1. The monoisotopic (exact) mass is 271 g/mol.